The molecule has 6 atom stereocenters. The summed E-state index contributed by atoms with van der Waals surface area (Å²) in [4.78, 5) is 35.9. The summed E-state index contributed by atoms with van der Waals surface area (Å²) in [7, 11) is 0. The van der Waals surface area contributed by atoms with Crippen LogP contribution < -0.4 is 24.3 Å². The van der Waals surface area contributed by atoms with E-state index in [9.17, 15) is 19.8 Å². The molecule has 2 heterocycles. The van der Waals surface area contributed by atoms with Crippen LogP contribution in [0.1, 0.15) is 87.3 Å². The molecule has 2 fully saturated rings. The summed E-state index contributed by atoms with van der Waals surface area (Å²) in [5.41, 5.74) is 4.35. The molecule has 13 heteroatoms. The van der Waals surface area contributed by atoms with Crippen molar-refractivity contribution in [1.82, 2.24) is 10.2 Å². The van der Waals surface area contributed by atoms with Gasteiger partial charge in [-0.25, -0.2) is 4.79 Å². The van der Waals surface area contributed by atoms with E-state index in [0.29, 0.717) is 55.4 Å². The number of ether oxygens (including phenoxy) is 5. The number of aliphatic hydroxyl groups is 2. The molecule has 3 aromatic rings. The Morgan fingerprint density at radius 1 is 0.952 bits per heavy atom. The van der Waals surface area contributed by atoms with Crippen LogP contribution in [0, 0.1) is 23.7 Å². The number of nitrogens with zero attached hydrogens (tertiary/aromatic N) is 2. The van der Waals surface area contributed by atoms with Crippen LogP contribution in [0.4, 0.5) is 4.79 Å². The summed E-state index contributed by atoms with van der Waals surface area (Å²) < 4.78 is 31.8. The van der Waals surface area contributed by atoms with E-state index >= 15 is 0 Å². The van der Waals surface area contributed by atoms with Crippen LogP contribution in [0.25, 0.3) is 0 Å². The maximum atomic E-state index is 14.8. The highest BCUT2D eigenvalue weighted by Crippen LogP contribution is 2.62. The minimum Gasteiger partial charge on any atom is -0.459 e. The SMILES string of the molecule is C=CCOC12Oc3ccc(OC(=O)NCc4ccccc4)cc3C3C(CCCCO)C(CCCCO)C=C(C(=NOCC)CC1N(Cc1ccc4c(c1)OCO4)C(=O)C1CC1)C32. The van der Waals surface area contributed by atoms with Crippen LogP contribution in [0.15, 0.2) is 96.2 Å². The molecule has 3 aromatic carbocycles. The maximum Gasteiger partial charge on any atom is 0.412 e. The highest BCUT2D eigenvalue weighted by Gasteiger charge is 2.66. The average molecular weight is 850 g/mol. The van der Waals surface area contributed by atoms with Crippen LogP contribution in [0.2, 0.25) is 0 Å². The molecule has 0 bridgehead atoms. The number of allylic oxidation sites excluding steroid dienone is 1. The first-order valence-corrected chi connectivity index (χ1v) is 22.3. The Hall–Kier alpha value is -5.37. The Morgan fingerprint density at radius 2 is 1.73 bits per heavy atom. The molecular formula is C49H59N3O10. The summed E-state index contributed by atoms with van der Waals surface area (Å²) in [5, 5.41) is 27.5. The second-order valence-corrected chi connectivity index (χ2v) is 16.8. The van der Waals surface area contributed by atoms with Gasteiger partial charge in [-0.05, 0) is 104 Å². The van der Waals surface area contributed by atoms with Crippen LogP contribution in [-0.2, 0) is 27.5 Å². The number of unbranched alkanes of at least 4 members (excludes halogenated alkanes) is 2. The van der Waals surface area contributed by atoms with Crippen LogP contribution in [-0.4, -0.2) is 77.9 Å². The molecule has 3 aliphatic carbocycles. The van der Waals surface area contributed by atoms with E-state index in [4.69, 9.17) is 33.7 Å². The van der Waals surface area contributed by atoms with Gasteiger partial charge in [0, 0.05) is 50.1 Å². The molecule has 6 unspecified atom stereocenters. The summed E-state index contributed by atoms with van der Waals surface area (Å²) in [6.07, 6.45) is 9.83. The van der Waals surface area contributed by atoms with Gasteiger partial charge < -0.3 is 49.0 Å². The molecule has 62 heavy (non-hydrogen) atoms. The van der Waals surface area contributed by atoms with E-state index in [1.54, 1.807) is 12.1 Å². The lowest BCUT2D eigenvalue weighted by molar-refractivity contribution is -0.258. The highest BCUT2D eigenvalue weighted by molar-refractivity contribution is 6.03. The van der Waals surface area contributed by atoms with Gasteiger partial charge in [-0.15, -0.1) is 6.58 Å². The molecule has 2 amide bonds. The van der Waals surface area contributed by atoms with E-state index in [1.165, 1.54) is 0 Å². The number of carbonyl (C=O) groups is 2. The van der Waals surface area contributed by atoms with Crippen molar-refractivity contribution in [1.29, 1.82) is 0 Å². The second kappa shape index (κ2) is 19.8. The Morgan fingerprint density at radius 3 is 2.48 bits per heavy atom. The van der Waals surface area contributed by atoms with Crippen molar-refractivity contribution in [2.24, 2.45) is 28.8 Å². The third-order valence-electron chi connectivity index (χ3n) is 12.8. The molecule has 5 aliphatic rings. The number of fused-ring (bicyclic) bond motifs is 3. The lowest BCUT2D eigenvalue weighted by Crippen LogP contribution is -2.70. The molecule has 330 valence electrons. The molecule has 13 nitrogen and oxygen atoms in total. The second-order valence-electron chi connectivity index (χ2n) is 16.8. The number of aliphatic hydroxyl groups excluding tert-OH is 2. The zero-order valence-corrected chi connectivity index (χ0v) is 35.5. The summed E-state index contributed by atoms with van der Waals surface area (Å²) >= 11 is 0. The van der Waals surface area contributed by atoms with Crippen molar-refractivity contribution >= 4 is 17.7 Å². The topological polar surface area (TPSA) is 158 Å². The molecule has 2 saturated carbocycles. The van der Waals surface area contributed by atoms with Crippen LogP contribution in [0.3, 0.4) is 0 Å². The Balaban J connectivity index is 1.27. The number of benzene rings is 3. The van der Waals surface area contributed by atoms with Crippen molar-refractivity contribution in [2.75, 3.05) is 33.2 Å². The number of nitrogens with one attached hydrogen (secondary N) is 1. The van der Waals surface area contributed by atoms with Gasteiger partial charge in [0.05, 0.1) is 18.2 Å². The summed E-state index contributed by atoms with van der Waals surface area (Å²) in [6, 6.07) is 20.3. The van der Waals surface area contributed by atoms with E-state index in [2.05, 4.69) is 18.0 Å². The largest absolute Gasteiger partial charge is 0.459 e. The van der Waals surface area contributed by atoms with Gasteiger partial charge in [0.2, 0.25) is 18.5 Å². The number of rotatable bonds is 20. The predicted molar refractivity (Wildman–Crippen MR) is 232 cm³/mol. The van der Waals surface area contributed by atoms with Gasteiger partial charge in [0.1, 0.15) is 24.1 Å². The molecule has 2 aliphatic heterocycles. The summed E-state index contributed by atoms with van der Waals surface area (Å²) in [5.74, 6) is 0.0201. The Labute approximate surface area is 363 Å². The Bertz CT molecular complexity index is 2120. The minimum atomic E-state index is -1.41. The van der Waals surface area contributed by atoms with Crippen molar-refractivity contribution in [3.8, 4) is 23.0 Å². The highest BCUT2D eigenvalue weighted by atomic mass is 16.7. The van der Waals surface area contributed by atoms with E-state index in [-0.39, 0.29) is 62.7 Å². The smallest absolute Gasteiger partial charge is 0.412 e. The maximum absolute atomic E-state index is 14.8. The Kier molecular flexibility index (Phi) is 13.8. The van der Waals surface area contributed by atoms with E-state index in [1.807, 2.05) is 72.5 Å². The van der Waals surface area contributed by atoms with Gasteiger partial charge in [-0.3, -0.25) is 4.79 Å². The van der Waals surface area contributed by atoms with E-state index < -0.39 is 23.8 Å². The van der Waals surface area contributed by atoms with Gasteiger partial charge in [-0.2, -0.15) is 0 Å². The number of carbonyl (C=O) groups excluding carboxylic acids is 2. The fourth-order valence-electron chi connectivity index (χ4n) is 9.91. The zero-order chi connectivity index (χ0) is 43.1. The fraction of sp³-hybridized carbons (Fsp3) is 0.490. The predicted octanol–water partition coefficient (Wildman–Crippen LogP) is 7.80. The van der Waals surface area contributed by atoms with Gasteiger partial charge in [0.15, 0.2) is 11.5 Å². The van der Waals surface area contributed by atoms with Crippen LogP contribution in [0.5, 0.6) is 23.0 Å². The first-order valence-electron chi connectivity index (χ1n) is 22.3. The quantitative estimate of drug-likeness (QED) is 0.0583. The lowest BCUT2D eigenvalue weighted by atomic mass is 9.55. The monoisotopic (exact) mass is 849 g/mol. The van der Waals surface area contributed by atoms with Crippen molar-refractivity contribution in [2.45, 2.75) is 95.5 Å². The third kappa shape index (κ3) is 9.21. The van der Waals surface area contributed by atoms with Crippen LogP contribution >= 0.6 is 0 Å². The van der Waals surface area contributed by atoms with Gasteiger partial charge in [-0.1, -0.05) is 66.5 Å². The standard InChI is InChI=1S/C49H59N3O10/c1-3-24-59-49-44(52(47(55)34-17-18-34)30-33-16-20-42-43(25-33)58-31-57-42)28-40(51-60-4-2)38-26-35(14-8-10-22-53)37(15-9-11-23-54)45(46(38)49)39-27-36(19-21-41(39)62-49)61-48(56)50-29-32-12-6-5-7-13-32/h3,5-7,12-13,16,19-21,25-27,34-35,37,44-46,53-54H,1,4,8-11,14-15,17-18,22-24,28-31H2,2H3,(H,50,56). The average Bonchev–Trinajstić information content (AvgIpc) is 4.04. The molecule has 0 saturated heterocycles. The van der Waals surface area contributed by atoms with E-state index in [0.717, 1.165) is 66.5 Å². The zero-order valence-electron chi connectivity index (χ0n) is 35.5. The molecule has 0 radical (unpaired) electrons. The molecular weight excluding hydrogens is 791 g/mol. The minimum absolute atomic E-state index is 0.0130. The normalized spacial score (nSPS) is 24.9. The lowest BCUT2D eigenvalue weighted by Gasteiger charge is -2.60. The molecule has 3 N–H and O–H groups in total. The van der Waals surface area contributed by atoms with Crippen molar-refractivity contribution in [3.63, 3.8) is 0 Å². The van der Waals surface area contributed by atoms with Crippen molar-refractivity contribution in [3.05, 3.63) is 108 Å². The molecule has 8 rings (SSSR count). The molecule has 0 spiro atoms. The number of hydrogen-bond donors (Lipinski definition) is 3. The first kappa shape index (κ1) is 43.3. The van der Waals surface area contributed by atoms with Gasteiger partial charge >= 0.3 is 6.09 Å². The van der Waals surface area contributed by atoms with Gasteiger partial charge in [0.25, 0.3) is 0 Å². The fourth-order valence-corrected chi connectivity index (χ4v) is 9.91. The number of hydrogen-bond acceptors (Lipinski definition) is 11. The third-order valence-corrected chi connectivity index (χ3v) is 12.8. The summed E-state index contributed by atoms with van der Waals surface area (Å²) in [6.45, 7) is 7.32. The first-order chi connectivity index (χ1) is 30.4. The number of oxime groups is 1. The molecule has 0 aromatic heterocycles. The van der Waals surface area contributed by atoms with Crippen molar-refractivity contribution < 1.29 is 48.3 Å². The number of amides is 2.